The van der Waals surface area contributed by atoms with E-state index in [1.165, 1.54) is 10.7 Å². The summed E-state index contributed by atoms with van der Waals surface area (Å²) in [6.07, 6.45) is 0. The van der Waals surface area contributed by atoms with Crippen molar-refractivity contribution in [2.24, 2.45) is 7.05 Å². The summed E-state index contributed by atoms with van der Waals surface area (Å²) in [5.41, 5.74) is 0.723. The molecule has 0 radical (unpaired) electrons. The fourth-order valence-corrected chi connectivity index (χ4v) is 3.06. The molecule has 0 atom stereocenters. The van der Waals surface area contributed by atoms with Crippen LogP contribution in [0.2, 0.25) is 5.02 Å². The Kier molecular flexibility index (Phi) is 5.51. The molecular formula is C19H20ClFN4O2. The van der Waals surface area contributed by atoms with Crippen LogP contribution in [0.4, 0.5) is 15.9 Å². The molecule has 2 N–H and O–H groups in total. The summed E-state index contributed by atoms with van der Waals surface area (Å²) in [6.45, 7) is 2.81. The molecular weight excluding hydrogens is 371 g/mol. The Labute approximate surface area is 160 Å². The van der Waals surface area contributed by atoms with Crippen LogP contribution in [0.15, 0.2) is 35.1 Å². The lowest BCUT2D eigenvalue weighted by Crippen LogP contribution is -2.22. The second kappa shape index (κ2) is 7.84. The molecule has 0 saturated carbocycles. The molecule has 142 valence electrons. The Balaban J connectivity index is 2.10. The molecule has 27 heavy (non-hydrogen) atoms. The average molecular weight is 391 g/mol. The second-order valence-corrected chi connectivity index (χ2v) is 6.39. The van der Waals surface area contributed by atoms with Crippen molar-refractivity contribution in [3.63, 3.8) is 0 Å². The molecule has 0 bridgehead atoms. The zero-order valence-electron chi connectivity index (χ0n) is 15.3. The van der Waals surface area contributed by atoms with Gasteiger partial charge in [0.25, 0.3) is 5.56 Å². The van der Waals surface area contributed by atoms with Crippen molar-refractivity contribution >= 4 is 33.9 Å². The first-order valence-corrected chi connectivity index (χ1v) is 8.83. The number of nitrogens with zero attached hydrogens (tertiary/aromatic N) is 2. The van der Waals surface area contributed by atoms with E-state index >= 15 is 0 Å². The minimum absolute atomic E-state index is 0.120. The van der Waals surface area contributed by atoms with Gasteiger partial charge >= 0.3 is 0 Å². The first-order valence-electron chi connectivity index (χ1n) is 8.46. The van der Waals surface area contributed by atoms with Crippen LogP contribution in [-0.4, -0.2) is 23.4 Å². The maximum Gasteiger partial charge on any atom is 0.274 e. The standard InChI is InChI=1S/C19H20ClFN4O2/c1-4-22-18-15-13(19(26)25(2)24-18)9-14(20)16(21)17(15)23-10-11-5-7-12(27-3)8-6-11/h5-9,23H,4,10H2,1-3H3,(H,22,24). The van der Waals surface area contributed by atoms with E-state index in [4.69, 9.17) is 16.3 Å². The highest BCUT2D eigenvalue weighted by atomic mass is 35.5. The largest absolute Gasteiger partial charge is 0.497 e. The fraction of sp³-hybridized carbons (Fsp3) is 0.263. The highest BCUT2D eigenvalue weighted by molar-refractivity contribution is 6.32. The number of hydrogen-bond donors (Lipinski definition) is 2. The Morgan fingerprint density at radius 3 is 2.59 bits per heavy atom. The predicted octanol–water partition coefficient (Wildman–Crippen LogP) is 3.78. The number of benzene rings is 2. The molecule has 0 unspecified atom stereocenters. The Hall–Kier alpha value is -2.80. The van der Waals surface area contributed by atoms with Crippen LogP contribution >= 0.6 is 11.6 Å². The van der Waals surface area contributed by atoms with Crippen molar-refractivity contribution in [2.75, 3.05) is 24.3 Å². The van der Waals surface area contributed by atoms with Gasteiger partial charge in [-0.15, -0.1) is 0 Å². The van der Waals surface area contributed by atoms with Gasteiger partial charge in [-0.1, -0.05) is 23.7 Å². The van der Waals surface area contributed by atoms with E-state index in [2.05, 4.69) is 15.7 Å². The molecule has 8 heteroatoms. The zero-order valence-corrected chi connectivity index (χ0v) is 16.0. The molecule has 0 spiro atoms. The minimum atomic E-state index is -0.619. The van der Waals surface area contributed by atoms with Crippen LogP contribution in [0, 0.1) is 5.82 Å². The summed E-state index contributed by atoms with van der Waals surface area (Å²) in [5.74, 6) is 0.537. The highest BCUT2D eigenvalue weighted by Crippen LogP contribution is 2.34. The van der Waals surface area contributed by atoms with Crippen LogP contribution in [0.3, 0.4) is 0 Å². The van der Waals surface area contributed by atoms with Gasteiger partial charge in [0.15, 0.2) is 11.6 Å². The summed E-state index contributed by atoms with van der Waals surface area (Å²) in [5, 5.41) is 10.9. The molecule has 0 fully saturated rings. The highest BCUT2D eigenvalue weighted by Gasteiger charge is 2.19. The van der Waals surface area contributed by atoms with Crippen molar-refractivity contribution in [3.05, 3.63) is 57.1 Å². The van der Waals surface area contributed by atoms with Crippen LogP contribution in [0.5, 0.6) is 5.75 Å². The molecule has 3 rings (SSSR count). The summed E-state index contributed by atoms with van der Waals surface area (Å²) >= 11 is 6.05. The van der Waals surface area contributed by atoms with E-state index in [-0.39, 0.29) is 16.3 Å². The molecule has 6 nitrogen and oxygen atoms in total. The van der Waals surface area contributed by atoms with Gasteiger partial charge in [-0.2, -0.15) is 5.10 Å². The molecule has 0 amide bonds. The lowest BCUT2D eigenvalue weighted by molar-refractivity contribution is 0.414. The van der Waals surface area contributed by atoms with Crippen LogP contribution in [-0.2, 0) is 13.6 Å². The Morgan fingerprint density at radius 1 is 1.26 bits per heavy atom. The van der Waals surface area contributed by atoms with Crippen molar-refractivity contribution < 1.29 is 9.13 Å². The van der Waals surface area contributed by atoms with Gasteiger partial charge < -0.3 is 15.4 Å². The van der Waals surface area contributed by atoms with Crippen molar-refractivity contribution in [2.45, 2.75) is 13.5 Å². The number of rotatable bonds is 6. The van der Waals surface area contributed by atoms with Gasteiger partial charge in [0.1, 0.15) is 5.75 Å². The fourth-order valence-electron chi connectivity index (χ4n) is 2.85. The topological polar surface area (TPSA) is 68.2 Å². The van der Waals surface area contributed by atoms with Crippen molar-refractivity contribution in [3.8, 4) is 5.75 Å². The average Bonchev–Trinajstić information content (AvgIpc) is 2.67. The lowest BCUT2D eigenvalue weighted by atomic mass is 10.1. The molecule has 0 saturated heterocycles. The number of aromatic nitrogens is 2. The molecule has 3 aromatic rings. The number of methoxy groups -OCH3 is 1. The third-order valence-corrected chi connectivity index (χ3v) is 4.48. The first kappa shape index (κ1) is 19.0. The molecule has 0 aliphatic rings. The molecule has 0 aliphatic heterocycles. The number of nitrogens with one attached hydrogen (secondary N) is 2. The summed E-state index contributed by atoms with van der Waals surface area (Å²) in [6, 6.07) is 8.74. The number of aryl methyl sites for hydroxylation is 1. The van der Waals surface area contributed by atoms with E-state index in [0.717, 1.165) is 11.3 Å². The van der Waals surface area contributed by atoms with Gasteiger partial charge in [-0.3, -0.25) is 4.79 Å². The van der Waals surface area contributed by atoms with Gasteiger partial charge in [0, 0.05) is 20.1 Å². The monoisotopic (exact) mass is 390 g/mol. The van der Waals surface area contributed by atoms with Crippen LogP contribution < -0.4 is 20.9 Å². The number of halogens is 2. The van der Waals surface area contributed by atoms with Crippen LogP contribution in [0.25, 0.3) is 10.8 Å². The number of anilines is 2. The maximum atomic E-state index is 14.8. The number of fused-ring (bicyclic) bond motifs is 1. The van der Waals surface area contributed by atoms with E-state index in [9.17, 15) is 9.18 Å². The quantitative estimate of drug-likeness (QED) is 0.670. The molecule has 1 aromatic heterocycles. The van der Waals surface area contributed by atoms with E-state index in [1.807, 2.05) is 31.2 Å². The predicted molar refractivity (Wildman–Crippen MR) is 106 cm³/mol. The molecule has 1 heterocycles. The third-order valence-electron chi connectivity index (χ3n) is 4.20. The summed E-state index contributed by atoms with van der Waals surface area (Å²) in [4.78, 5) is 12.5. The van der Waals surface area contributed by atoms with Gasteiger partial charge in [-0.25, -0.2) is 9.07 Å². The third kappa shape index (κ3) is 3.68. The van der Waals surface area contributed by atoms with Gasteiger partial charge in [0.2, 0.25) is 0 Å². The van der Waals surface area contributed by atoms with Crippen molar-refractivity contribution in [1.29, 1.82) is 0 Å². The van der Waals surface area contributed by atoms with E-state index < -0.39 is 5.82 Å². The summed E-state index contributed by atoms with van der Waals surface area (Å²) < 4.78 is 21.2. The number of ether oxygens (including phenoxy) is 1. The number of hydrogen-bond acceptors (Lipinski definition) is 5. The smallest absolute Gasteiger partial charge is 0.274 e. The normalized spacial score (nSPS) is 10.9. The molecule has 0 aliphatic carbocycles. The Morgan fingerprint density at radius 2 is 1.96 bits per heavy atom. The summed E-state index contributed by atoms with van der Waals surface area (Å²) in [7, 11) is 3.14. The first-order chi connectivity index (χ1) is 13.0. The van der Waals surface area contributed by atoms with Gasteiger partial charge in [0.05, 0.1) is 28.6 Å². The molecule has 2 aromatic carbocycles. The van der Waals surface area contributed by atoms with E-state index in [1.54, 1.807) is 14.2 Å². The minimum Gasteiger partial charge on any atom is -0.497 e. The second-order valence-electron chi connectivity index (χ2n) is 5.98. The maximum absolute atomic E-state index is 14.8. The van der Waals surface area contributed by atoms with Crippen LogP contribution in [0.1, 0.15) is 12.5 Å². The van der Waals surface area contributed by atoms with Crippen molar-refractivity contribution in [1.82, 2.24) is 9.78 Å². The Bertz CT molecular complexity index is 1030. The van der Waals surface area contributed by atoms with E-state index in [0.29, 0.717) is 29.7 Å². The SMILES string of the molecule is CCNc1nn(C)c(=O)c2cc(Cl)c(F)c(NCc3ccc(OC)cc3)c12. The zero-order chi connectivity index (χ0) is 19.6. The van der Waals surface area contributed by atoms with Gasteiger partial charge in [-0.05, 0) is 30.7 Å². The lowest BCUT2D eigenvalue weighted by Gasteiger charge is -2.16.